The number of piperidine rings is 1. The van der Waals surface area contributed by atoms with Gasteiger partial charge in [-0.15, -0.1) is 0 Å². The summed E-state index contributed by atoms with van der Waals surface area (Å²) < 4.78 is 0. The van der Waals surface area contributed by atoms with Crippen LogP contribution in [0.25, 0.3) is 0 Å². The molecule has 0 spiro atoms. The van der Waals surface area contributed by atoms with Crippen LogP contribution in [-0.4, -0.2) is 25.0 Å². The van der Waals surface area contributed by atoms with Crippen LogP contribution in [-0.2, 0) is 4.79 Å². The number of nitrogens with one attached hydrogen (secondary N) is 2. The van der Waals surface area contributed by atoms with E-state index in [0.717, 1.165) is 31.3 Å². The predicted molar refractivity (Wildman–Crippen MR) is 69.8 cm³/mol. The molecule has 17 heavy (non-hydrogen) atoms. The Morgan fingerprint density at radius 3 is 2.71 bits per heavy atom. The number of amides is 1. The molecule has 0 radical (unpaired) electrons. The summed E-state index contributed by atoms with van der Waals surface area (Å²) in [5.74, 6) is 1.71. The molecule has 1 aliphatic carbocycles. The highest BCUT2D eigenvalue weighted by Gasteiger charge is 2.26. The molecule has 1 heterocycles. The van der Waals surface area contributed by atoms with E-state index in [0.29, 0.717) is 0 Å². The Balaban J connectivity index is 1.71. The number of rotatable bonds is 4. The topological polar surface area (TPSA) is 41.1 Å². The molecule has 2 fully saturated rings. The molecule has 1 amide bonds. The van der Waals surface area contributed by atoms with Crippen LogP contribution < -0.4 is 10.6 Å². The summed E-state index contributed by atoms with van der Waals surface area (Å²) in [5, 5.41) is 6.48. The third-order valence-corrected chi connectivity index (χ3v) is 4.45. The molecule has 1 aliphatic heterocycles. The zero-order chi connectivity index (χ0) is 12.1. The van der Waals surface area contributed by atoms with Gasteiger partial charge in [-0.1, -0.05) is 26.2 Å². The molecule has 0 aromatic heterocycles. The summed E-state index contributed by atoms with van der Waals surface area (Å²) in [6.45, 7) is 4.12. The zero-order valence-electron chi connectivity index (χ0n) is 11.0. The van der Waals surface area contributed by atoms with Crippen LogP contribution in [0.5, 0.6) is 0 Å². The van der Waals surface area contributed by atoms with Gasteiger partial charge in [-0.25, -0.2) is 0 Å². The van der Waals surface area contributed by atoms with Crippen molar-refractivity contribution in [1.29, 1.82) is 0 Å². The summed E-state index contributed by atoms with van der Waals surface area (Å²) in [6, 6.07) is 0.0649. The summed E-state index contributed by atoms with van der Waals surface area (Å²) in [5.41, 5.74) is 0. The second kappa shape index (κ2) is 6.39. The molecular weight excluding hydrogens is 212 g/mol. The minimum absolute atomic E-state index is 0.0649. The Hall–Kier alpha value is -0.570. The smallest absolute Gasteiger partial charge is 0.237 e. The third kappa shape index (κ3) is 3.70. The van der Waals surface area contributed by atoms with Gasteiger partial charge in [0.25, 0.3) is 0 Å². The van der Waals surface area contributed by atoms with Gasteiger partial charge in [-0.3, -0.25) is 4.79 Å². The average Bonchev–Trinajstić information content (AvgIpc) is 2.89. The third-order valence-electron chi connectivity index (χ3n) is 4.45. The van der Waals surface area contributed by atoms with Crippen molar-refractivity contribution in [1.82, 2.24) is 10.6 Å². The van der Waals surface area contributed by atoms with Crippen LogP contribution in [0.1, 0.15) is 51.9 Å². The van der Waals surface area contributed by atoms with Crippen LogP contribution in [0.3, 0.4) is 0 Å². The van der Waals surface area contributed by atoms with Crippen molar-refractivity contribution in [3.63, 3.8) is 0 Å². The predicted octanol–water partition coefficient (Wildman–Crippen LogP) is 2.07. The summed E-state index contributed by atoms with van der Waals surface area (Å²) in [7, 11) is 0. The molecule has 2 aliphatic rings. The second-order valence-electron chi connectivity index (χ2n) is 5.70. The van der Waals surface area contributed by atoms with Gasteiger partial charge in [0.1, 0.15) is 0 Å². The Morgan fingerprint density at radius 1 is 1.24 bits per heavy atom. The molecule has 1 saturated heterocycles. The number of carbonyl (C=O) groups is 1. The van der Waals surface area contributed by atoms with Crippen LogP contribution >= 0.6 is 0 Å². The SMILES string of the molecule is CCC1CCNC(C(=O)NCC2CCCC2)C1. The van der Waals surface area contributed by atoms with Gasteiger partial charge in [-0.2, -0.15) is 0 Å². The average molecular weight is 238 g/mol. The van der Waals surface area contributed by atoms with Crippen molar-refractivity contribution >= 4 is 5.91 Å². The fourth-order valence-electron chi connectivity index (χ4n) is 3.15. The van der Waals surface area contributed by atoms with E-state index in [4.69, 9.17) is 0 Å². The maximum absolute atomic E-state index is 12.0. The van der Waals surface area contributed by atoms with E-state index >= 15 is 0 Å². The van der Waals surface area contributed by atoms with Crippen LogP contribution in [0.15, 0.2) is 0 Å². The maximum Gasteiger partial charge on any atom is 0.237 e. The second-order valence-corrected chi connectivity index (χ2v) is 5.70. The summed E-state index contributed by atoms with van der Waals surface area (Å²) in [6.07, 6.45) is 8.75. The highest BCUT2D eigenvalue weighted by atomic mass is 16.2. The standard InChI is InChI=1S/C14H26N2O/c1-2-11-7-8-15-13(9-11)14(17)16-10-12-5-3-4-6-12/h11-13,15H,2-10H2,1H3,(H,16,17). The molecule has 2 atom stereocenters. The van der Waals surface area contributed by atoms with Crippen LogP contribution in [0, 0.1) is 11.8 Å². The maximum atomic E-state index is 12.0. The van der Waals surface area contributed by atoms with Crippen LogP contribution in [0.4, 0.5) is 0 Å². The minimum atomic E-state index is 0.0649. The van der Waals surface area contributed by atoms with Gasteiger partial charge >= 0.3 is 0 Å². The molecule has 1 saturated carbocycles. The van der Waals surface area contributed by atoms with E-state index in [2.05, 4.69) is 17.6 Å². The Kier molecular flexibility index (Phi) is 4.84. The molecule has 0 aromatic rings. The van der Waals surface area contributed by atoms with Crippen molar-refractivity contribution in [2.24, 2.45) is 11.8 Å². The normalized spacial score (nSPS) is 30.4. The molecule has 2 N–H and O–H groups in total. The molecule has 0 aromatic carbocycles. The molecular formula is C14H26N2O. The van der Waals surface area contributed by atoms with Gasteiger partial charge in [0.2, 0.25) is 5.91 Å². The number of hydrogen-bond donors (Lipinski definition) is 2. The summed E-state index contributed by atoms with van der Waals surface area (Å²) >= 11 is 0. The monoisotopic (exact) mass is 238 g/mol. The lowest BCUT2D eigenvalue weighted by Crippen LogP contribution is -2.49. The highest BCUT2D eigenvalue weighted by Crippen LogP contribution is 2.24. The first kappa shape index (κ1) is 12.9. The van der Waals surface area contributed by atoms with Crippen LogP contribution in [0.2, 0.25) is 0 Å². The van der Waals surface area contributed by atoms with E-state index in [1.807, 2.05) is 0 Å². The molecule has 2 rings (SSSR count). The van der Waals surface area contributed by atoms with Crippen molar-refractivity contribution < 1.29 is 4.79 Å². The van der Waals surface area contributed by atoms with E-state index in [1.165, 1.54) is 38.5 Å². The van der Waals surface area contributed by atoms with Gasteiger partial charge in [0, 0.05) is 6.54 Å². The van der Waals surface area contributed by atoms with E-state index in [9.17, 15) is 4.79 Å². The quantitative estimate of drug-likeness (QED) is 0.787. The Morgan fingerprint density at radius 2 is 2.00 bits per heavy atom. The van der Waals surface area contributed by atoms with Crippen molar-refractivity contribution in [2.75, 3.05) is 13.1 Å². The number of hydrogen-bond acceptors (Lipinski definition) is 2. The first-order valence-electron chi connectivity index (χ1n) is 7.30. The fraction of sp³-hybridized carbons (Fsp3) is 0.929. The Bertz CT molecular complexity index is 249. The molecule has 3 nitrogen and oxygen atoms in total. The molecule has 98 valence electrons. The van der Waals surface area contributed by atoms with Gasteiger partial charge in [0.05, 0.1) is 6.04 Å². The number of carbonyl (C=O) groups excluding carboxylic acids is 1. The van der Waals surface area contributed by atoms with Crippen molar-refractivity contribution in [3.05, 3.63) is 0 Å². The summed E-state index contributed by atoms with van der Waals surface area (Å²) in [4.78, 5) is 12.0. The largest absolute Gasteiger partial charge is 0.354 e. The van der Waals surface area contributed by atoms with E-state index in [-0.39, 0.29) is 11.9 Å². The molecule has 2 unspecified atom stereocenters. The van der Waals surface area contributed by atoms with Gasteiger partial charge in [-0.05, 0) is 44.1 Å². The van der Waals surface area contributed by atoms with Crippen molar-refractivity contribution in [3.8, 4) is 0 Å². The van der Waals surface area contributed by atoms with E-state index < -0.39 is 0 Å². The lowest BCUT2D eigenvalue weighted by Gasteiger charge is -2.29. The first-order chi connectivity index (χ1) is 8.29. The zero-order valence-corrected chi connectivity index (χ0v) is 11.0. The minimum Gasteiger partial charge on any atom is -0.354 e. The molecule has 0 bridgehead atoms. The highest BCUT2D eigenvalue weighted by molar-refractivity contribution is 5.81. The van der Waals surface area contributed by atoms with Gasteiger partial charge < -0.3 is 10.6 Å². The van der Waals surface area contributed by atoms with E-state index in [1.54, 1.807) is 0 Å². The fourth-order valence-corrected chi connectivity index (χ4v) is 3.15. The lowest BCUT2D eigenvalue weighted by atomic mass is 9.90. The van der Waals surface area contributed by atoms with Crippen molar-refractivity contribution in [2.45, 2.75) is 57.9 Å². The molecule has 3 heteroatoms. The lowest BCUT2D eigenvalue weighted by molar-refractivity contribution is -0.124. The first-order valence-corrected chi connectivity index (χ1v) is 7.30. The Labute approximate surface area is 105 Å². The van der Waals surface area contributed by atoms with Gasteiger partial charge in [0.15, 0.2) is 0 Å².